The Kier molecular flexibility index (Phi) is 5.59. The van der Waals surface area contributed by atoms with Gasteiger partial charge in [-0.1, -0.05) is 12.6 Å². The fraction of sp³-hybridized carbons (Fsp3) is 0.190. The minimum Gasteiger partial charge on any atom is -0.406 e. The number of halogens is 3. The number of hydrogen-bond acceptors (Lipinski definition) is 6. The second kappa shape index (κ2) is 8.17. The summed E-state index contributed by atoms with van der Waals surface area (Å²) in [6, 6.07) is 6.32. The van der Waals surface area contributed by atoms with E-state index in [4.69, 9.17) is 0 Å². The van der Waals surface area contributed by atoms with Gasteiger partial charge < -0.3 is 10.1 Å². The number of ether oxygens (including phenoxy) is 1. The lowest BCUT2D eigenvalue weighted by molar-refractivity contribution is -0.274. The van der Waals surface area contributed by atoms with Gasteiger partial charge in [-0.2, -0.15) is 0 Å². The van der Waals surface area contributed by atoms with E-state index in [1.807, 2.05) is 0 Å². The Morgan fingerprint density at radius 2 is 1.76 bits per heavy atom. The van der Waals surface area contributed by atoms with Gasteiger partial charge in [-0.05, 0) is 43.2 Å². The number of carbonyl (C=O) groups is 3. The molecule has 0 spiro atoms. The van der Waals surface area contributed by atoms with Crippen LogP contribution in [0.4, 0.5) is 18.9 Å². The molecule has 4 rings (SSSR count). The van der Waals surface area contributed by atoms with E-state index < -0.39 is 50.8 Å². The number of rotatable bonds is 5. The third-order valence-corrected chi connectivity index (χ3v) is 6.53. The van der Waals surface area contributed by atoms with Crippen LogP contribution in [0.1, 0.15) is 33.6 Å². The van der Waals surface area contributed by atoms with E-state index in [-0.39, 0.29) is 23.2 Å². The predicted molar refractivity (Wildman–Crippen MR) is 111 cm³/mol. The number of piperidine rings is 1. The first-order chi connectivity index (χ1) is 15.9. The van der Waals surface area contributed by atoms with Gasteiger partial charge in [0.1, 0.15) is 11.8 Å². The van der Waals surface area contributed by atoms with Crippen molar-refractivity contribution < 1.29 is 40.7 Å². The second-order valence-electron chi connectivity index (χ2n) is 7.52. The first-order valence-corrected chi connectivity index (χ1v) is 11.2. The molecule has 9 nitrogen and oxygen atoms in total. The molecule has 2 aliphatic rings. The quantitative estimate of drug-likeness (QED) is 0.616. The molecule has 2 heterocycles. The van der Waals surface area contributed by atoms with Crippen LogP contribution in [0.5, 0.6) is 5.75 Å². The van der Waals surface area contributed by atoms with Crippen LogP contribution < -0.4 is 14.8 Å². The summed E-state index contributed by atoms with van der Waals surface area (Å²) in [5, 5.41) is 2.50. The van der Waals surface area contributed by atoms with E-state index in [0.29, 0.717) is 18.2 Å². The van der Waals surface area contributed by atoms with Crippen LogP contribution in [0, 0.1) is 0 Å². The van der Waals surface area contributed by atoms with Crippen molar-refractivity contribution in [3.63, 3.8) is 0 Å². The molecule has 2 N–H and O–H groups in total. The number of nitrogens with zero attached hydrogens (tertiary/aromatic N) is 1. The lowest BCUT2D eigenvalue weighted by Gasteiger charge is -2.29. The topological polar surface area (TPSA) is 122 Å². The van der Waals surface area contributed by atoms with Gasteiger partial charge in [0.15, 0.2) is 0 Å². The molecular weight excluding hydrogens is 479 g/mol. The molecule has 0 aromatic heterocycles. The van der Waals surface area contributed by atoms with Crippen molar-refractivity contribution in [3.05, 3.63) is 65.9 Å². The number of sulfonamides is 1. The van der Waals surface area contributed by atoms with Crippen LogP contribution in [0.2, 0.25) is 0 Å². The second-order valence-corrected chi connectivity index (χ2v) is 9.20. The maximum absolute atomic E-state index is 12.9. The summed E-state index contributed by atoms with van der Waals surface area (Å²) in [7, 11) is -4.37. The van der Waals surface area contributed by atoms with Gasteiger partial charge >= 0.3 is 6.36 Å². The molecule has 34 heavy (non-hydrogen) atoms. The highest BCUT2D eigenvalue weighted by Gasteiger charge is 2.44. The average molecular weight is 495 g/mol. The molecule has 2 aliphatic heterocycles. The number of imide groups is 1. The summed E-state index contributed by atoms with van der Waals surface area (Å²) in [6.45, 7) is 3.65. The molecule has 178 valence electrons. The van der Waals surface area contributed by atoms with Crippen LogP contribution in [0.25, 0.3) is 0 Å². The normalized spacial score (nSPS) is 18.6. The molecule has 0 saturated carbocycles. The third kappa shape index (κ3) is 4.46. The first kappa shape index (κ1) is 23.3. The van der Waals surface area contributed by atoms with Crippen molar-refractivity contribution in [2.24, 2.45) is 0 Å². The molecule has 3 amide bonds. The monoisotopic (exact) mass is 495 g/mol. The summed E-state index contributed by atoms with van der Waals surface area (Å²) in [6.07, 6.45) is -4.42. The summed E-state index contributed by atoms with van der Waals surface area (Å²) >= 11 is 0. The van der Waals surface area contributed by atoms with Crippen LogP contribution in [-0.4, -0.2) is 43.4 Å². The summed E-state index contributed by atoms with van der Waals surface area (Å²) < 4.78 is 68.6. The predicted octanol–water partition coefficient (Wildman–Crippen LogP) is 2.77. The number of amides is 3. The van der Waals surface area contributed by atoms with E-state index in [1.165, 1.54) is 12.1 Å². The van der Waals surface area contributed by atoms with E-state index in [9.17, 15) is 36.0 Å². The van der Waals surface area contributed by atoms with Gasteiger partial charge in [-0.15, -0.1) is 13.2 Å². The molecule has 2 aromatic carbocycles. The van der Waals surface area contributed by atoms with Crippen molar-refractivity contribution in [2.75, 3.05) is 4.72 Å². The highest BCUT2D eigenvalue weighted by molar-refractivity contribution is 7.92. The van der Waals surface area contributed by atoms with Gasteiger partial charge in [-0.3, -0.25) is 24.0 Å². The zero-order chi connectivity index (χ0) is 24.8. The molecule has 0 bridgehead atoms. The lowest BCUT2D eigenvalue weighted by atomic mass is 10.0. The van der Waals surface area contributed by atoms with Crippen LogP contribution in [-0.2, 0) is 14.8 Å². The van der Waals surface area contributed by atoms with Crippen LogP contribution in [0.15, 0.2) is 59.6 Å². The number of nitrogens with one attached hydrogen (secondary N) is 2. The fourth-order valence-corrected chi connectivity index (χ4v) is 4.75. The maximum atomic E-state index is 12.9. The van der Waals surface area contributed by atoms with Crippen molar-refractivity contribution in [1.82, 2.24) is 10.2 Å². The van der Waals surface area contributed by atoms with E-state index in [1.54, 1.807) is 0 Å². The molecule has 13 heteroatoms. The number of fused-ring (bicyclic) bond motifs is 1. The SMILES string of the molecule is C=C1CCC(N2C(=O)c3ccc(NS(=O)(=O)c4cccc(OC(F)(F)F)c4)cc3C2=O)C(=O)N1. The molecule has 2 aromatic rings. The molecule has 0 aliphatic carbocycles. The van der Waals surface area contributed by atoms with Crippen molar-refractivity contribution in [3.8, 4) is 5.75 Å². The van der Waals surface area contributed by atoms with Gasteiger partial charge in [0.2, 0.25) is 5.91 Å². The first-order valence-electron chi connectivity index (χ1n) is 9.75. The Morgan fingerprint density at radius 1 is 1.06 bits per heavy atom. The van der Waals surface area contributed by atoms with Gasteiger partial charge in [-0.25, -0.2) is 8.42 Å². The maximum Gasteiger partial charge on any atom is 0.573 e. The zero-order valence-corrected chi connectivity index (χ0v) is 18.0. The molecular formula is C21H16F3N3O6S. The van der Waals surface area contributed by atoms with Crippen LogP contribution >= 0.6 is 0 Å². The standard InChI is InChI=1S/C21H16F3N3O6S/c1-11-5-8-17(18(28)25-11)27-19(29)15-7-6-12(9-16(15)20(27)30)26-34(31,32)14-4-2-3-13(10-14)33-21(22,23)24/h2-4,6-7,9-10,17,26H,1,5,8H2,(H,25,28). The number of benzene rings is 2. The molecule has 1 atom stereocenters. The van der Waals surface area contributed by atoms with Gasteiger partial charge in [0.05, 0.1) is 16.0 Å². The van der Waals surface area contributed by atoms with Crippen molar-refractivity contribution in [1.29, 1.82) is 0 Å². The molecule has 1 unspecified atom stereocenters. The summed E-state index contributed by atoms with van der Waals surface area (Å²) in [5.74, 6) is -2.74. The number of carbonyl (C=O) groups excluding carboxylic acids is 3. The number of alkyl halides is 3. The lowest BCUT2D eigenvalue weighted by Crippen LogP contribution is -2.51. The zero-order valence-electron chi connectivity index (χ0n) is 17.2. The Morgan fingerprint density at radius 3 is 2.44 bits per heavy atom. The Bertz CT molecular complexity index is 1340. The minimum atomic E-state index is -5.00. The highest BCUT2D eigenvalue weighted by Crippen LogP contribution is 2.31. The Labute approximate surface area is 191 Å². The number of hydrogen-bond donors (Lipinski definition) is 2. The average Bonchev–Trinajstić information content (AvgIpc) is 2.97. The Balaban J connectivity index is 1.58. The van der Waals surface area contributed by atoms with E-state index in [2.05, 4.69) is 21.4 Å². The van der Waals surface area contributed by atoms with Gasteiger partial charge in [0.25, 0.3) is 21.8 Å². The Hall–Kier alpha value is -3.87. The third-order valence-electron chi connectivity index (χ3n) is 5.15. The molecule has 1 saturated heterocycles. The minimum absolute atomic E-state index is 0.00859. The fourth-order valence-electron chi connectivity index (χ4n) is 3.67. The number of anilines is 1. The summed E-state index contributed by atoms with van der Waals surface area (Å²) in [5.41, 5.74) is 0.242. The van der Waals surface area contributed by atoms with Crippen LogP contribution in [0.3, 0.4) is 0 Å². The largest absolute Gasteiger partial charge is 0.573 e. The van der Waals surface area contributed by atoms with E-state index in [0.717, 1.165) is 29.2 Å². The smallest absolute Gasteiger partial charge is 0.406 e. The molecule has 0 radical (unpaired) electrons. The summed E-state index contributed by atoms with van der Waals surface area (Å²) in [4.78, 5) is 38.2. The van der Waals surface area contributed by atoms with Crippen molar-refractivity contribution in [2.45, 2.75) is 30.1 Å². The number of allylic oxidation sites excluding steroid dienone is 1. The highest BCUT2D eigenvalue weighted by atomic mass is 32.2. The molecule has 1 fully saturated rings. The van der Waals surface area contributed by atoms with Gasteiger partial charge in [0, 0.05) is 17.5 Å². The van der Waals surface area contributed by atoms with Crippen molar-refractivity contribution >= 4 is 33.4 Å². The van der Waals surface area contributed by atoms with E-state index >= 15 is 0 Å².